The van der Waals surface area contributed by atoms with Crippen LogP contribution in [0.15, 0.2) is 97.2 Å². The van der Waals surface area contributed by atoms with Crippen LogP contribution in [-0.4, -0.2) is 96.7 Å². The Morgan fingerprint density at radius 2 is 0.531 bits per heavy atom. The Bertz CT molecular complexity index is 2240. The van der Waals surface area contributed by atoms with Crippen molar-refractivity contribution in [3.8, 4) is 0 Å². The minimum Gasteiger partial charge on any atom is -0.462 e. The lowest BCUT2D eigenvalue weighted by Gasteiger charge is -2.21. The molecule has 5 unspecified atom stereocenters. The number of phosphoric ester groups is 2. The van der Waals surface area contributed by atoms with Crippen LogP contribution >= 0.6 is 15.6 Å². The van der Waals surface area contributed by atoms with Crippen molar-refractivity contribution in [1.29, 1.82) is 0 Å². The molecule has 0 aromatic carbocycles. The van der Waals surface area contributed by atoms with Crippen molar-refractivity contribution >= 4 is 39.5 Å². The van der Waals surface area contributed by atoms with Gasteiger partial charge in [-0.15, -0.1) is 0 Å². The van der Waals surface area contributed by atoms with Crippen molar-refractivity contribution in [2.24, 2.45) is 0 Å². The number of esters is 4. The first-order valence-corrected chi connectivity index (χ1v) is 41.5. The highest BCUT2D eigenvalue weighted by atomic mass is 31.2. The Kier molecular flexibility index (Phi) is 68.4. The van der Waals surface area contributed by atoms with E-state index < -0.39 is 97.5 Å². The molecule has 98 heavy (non-hydrogen) atoms. The number of allylic oxidation sites excluding steroid dienone is 16. The van der Waals surface area contributed by atoms with Crippen molar-refractivity contribution in [2.45, 2.75) is 341 Å². The fourth-order valence-corrected chi connectivity index (χ4v) is 11.7. The maximum absolute atomic E-state index is 13.1. The molecule has 0 aliphatic rings. The number of ether oxygens (including phenoxy) is 4. The summed E-state index contributed by atoms with van der Waals surface area (Å²) in [6.45, 7) is 4.65. The van der Waals surface area contributed by atoms with E-state index in [9.17, 15) is 43.2 Å². The van der Waals surface area contributed by atoms with Crippen LogP contribution in [0.4, 0.5) is 0 Å². The molecule has 0 fully saturated rings. The predicted octanol–water partition coefficient (Wildman–Crippen LogP) is 22.0. The molecule has 0 aromatic heterocycles. The summed E-state index contributed by atoms with van der Waals surface area (Å²) in [7, 11) is -9.96. The van der Waals surface area contributed by atoms with Crippen LogP contribution in [0, 0.1) is 0 Å². The SMILES string of the molecule is CC/C=C\C/C=C\C/C=C\C/C=C\CCCCC(=O)OCC(COP(=O)(O)OCC(O)COP(=O)(O)OCC(COC(=O)CCCCCCC/C=C\CCCCCCCC)OC(=O)CCCCCCC/C=C\CCCCCC)OC(=O)CCCCCCC/C=C\C/C=C\CCCCC. The molecule has 0 bridgehead atoms. The third-order valence-electron chi connectivity index (χ3n) is 16.0. The minimum atomic E-state index is -4.99. The zero-order valence-electron chi connectivity index (χ0n) is 61.7. The molecule has 3 N–H and O–H groups in total. The Balaban J connectivity index is 5.39. The van der Waals surface area contributed by atoms with E-state index >= 15 is 0 Å². The fourth-order valence-electron chi connectivity index (χ4n) is 10.1. The molecule has 17 nitrogen and oxygen atoms in total. The monoisotopic (exact) mass is 1420 g/mol. The van der Waals surface area contributed by atoms with E-state index in [1.165, 1.54) is 83.5 Å². The lowest BCUT2D eigenvalue weighted by molar-refractivity contribution is -0.161. The third kappa shape index (κ3) is 70.4. The molecule has 0 aliphatic heterocycles. The molecule has 566 valence electrons. The molecule has 0 saturated carbocycles. The number of hydrogen-bond donors (Lipinski definition) is 3. The quantitative estimate of drug-likeness (QED) is 0.0169. The Labute approximate surface area is 595 Å². The van der Waals surface area contributed by atoms with Gasteiger partial charge in [-0.2, -0.15) is 0 Å². The number of aliphatic hydroxyl groups excluding tert-OH is 1. The minimum absolute atomic E-state index is 0.0692. The van der Waals surface area contributed by atoms with Crippen molar-refractivity contribution in [3.05, 3.63) is 97.2 Å². The highest BCUT2D eigenvalue weighted by molar-refractivity contribution is 7.47. The van der Waals surface area contributed by atoms with Gasteiger partial charge in [0, 0.05) is 25.7 Å². The molecule has 19 heteroatoms. The number of aliphatic hydroxyl groups is 1. The number of carbonyl (C=O) groups is 4. The smallest absolute Gasteiger partial charge is 0.462 e. The van der Waals surface area contributed by atoms with Crippen LogP contribution in [-0.2, 0) is 65.4 Å². The summed E-state index contributed by atoms with van der Waals surface area (Å²) in [5, 5.41) is 10.6. The molecular weight excluding hydrogens is 1280 g/mol. The van der Waals surface area contributed by atoms with Gasteiger partial charge < -0.3 is 33.8 Å². The summed E-state index contributed by atoms with van der Waals surface area (Å²) < 4.78 is 68.4. The third-order valence-corrected chi connectivity index (χ3v) is 17.9. The van der Waals surface area contributed by atoms with Crippen LogP contribution in [0.25, 0.3) is 0 Å². The first-order valence-electron chi connectivity index (χ1n) is 38.5. The zero-order chi connectivity index (χ0) is 71.8. The second-order valence-corrected chi connectivity index (χ2v) is 28.5. The standard InChI is InChI=1S/C79H138O17P2/c1-5-9-13-17-21-25-29-33-36-40-43-47-51-55-59-63-76(81)89-69-74(95-78(83)65-61-57-53-49-45-39-32-28-24-20-16-12-8-4)71-93-97(85,86)91-67-73(80)68-92-98(87,88)94-72-75(96-79(84)66-62-58-54-50-46-42-38-35-31-27-23-19-15-11-7-3)70-90-77(82)64-60-56-52-48-44-41-37-34-30-26-22-18-14-10-6-2/h10,14,22-23,26-28,32-38,44,48,73-75,80H,5-9,11-13,15-21,24-25,29-31,39-43,45-47,49-72H2,1-4H3,(H,85,86)(H,87,88)/b14-10-,26-22-,27-23-,32-28-,36-33-,37-34-,38-35-,48-44-. The molecule has 5 atom stereocenters. The molecular formula is C79H138O17P2. The van der Waals surface area contributed by atoms with Gasteiger partial charge in [-0.1, -0.05) is 247 Å². The summed E-state index contributed by atoms with van der Waals surface area (Å²) in [5.41, 5.74) is 0. The van der Waals surface area contributed by atoms with E-state index in [0.29, 0.717) is 25.7 Å². The molecule has 0 amide bonds. The first-order chi connectivity index (χ1) is 47.7. The van der Waals surface area contributed by atoms with Crippen LogP contribution in [0.1, 0.15) is 323 Å². The van der Waals surface area contributed by atoms with Crippen LogP contribution in [0.3, 0.4) is 0 Å². The average molecular weight is 1420 g/mol. The van der Waals surface area contributed by atoms with E-state index in [2.05, 4.69) is 125 Å². The number of carbonyl (C=O) groups excluding carboxylic acids is 4. The second kappa shape index (κ2) is 71.4. The van der Waals surface area contributed by atoms with Gasteiger partial charge in [-0.05, 0) is 148 Å². The Morgan fingerprint density at radius 1 is 0.296 bits per heavy atom. The molecule has 0 saturated heterocycles. The Hall–Kier alpha value is -4.02. The van der Waals surface area contributed by atoms with E-state index in [4.69, 9.17) is 37.0 Å². The lowest BCUT2D eigenvalue weighted by Crippen LogP contribution is -2.30. The summed E-state index contributed by atoms with van der Waals surface area (Å²) in [6, 6.07) is 0. The maximum Gasteiger partial charge on any atom is 0.472 e. The van der Waals surface area contributed by atoms with Gasteiger partial charge in [0.15, 0.2) is 12.2 Å². The van der Waals surface area contributed by atoms with E-state index in [0.717, 1.165) is 161 Å². The van der Waals surface area contributed by atoms with Crippen molar-refractivity contribution < 1.29 is 80.2 Å². The van der Waals surface area contributed by atoms with Gasteiger partial charge >= 0.3 is 39.5 Å². The normalized spacial score (nSPS) is 14.5. The molecule has 0 radical (unpaired) electrons. The summed E-state index contributed by atoms with van der Waals surface area (Å²) in [6.07, 6.45) is 74.0. The van der Waals surface area contributed by atoms with Gasteiger partial charge in [0.2, 0.25) is 0 Å². The highest BCUT2D eigenvalue weighted by Gasteiger charge is 2.30. The average Bonchev–Trinajstić information content (AvgIpc) is 1.04. The highest BCUT2D eigenvalue weighted by Crippen LogP contribution is 2.45. The van der Waals surface area contributed by atoms with E-state index in [1.807, 2.05) is 0 Å². The summed E-state index contributed by atoms with van der Waals surface area (Å²) in [5.74, 6) is -2.25. The topological polar surface area (TPSA) is 237 Å². The molecule has 0 aromatic rings. The first kappa shape index (κ1) is 94.0. The van der Waals surface area contributed by atoms with Gasteiger partial charge in [-0.3, -0.25) is 37.3 Å². The van der Waals surface area contributed by atoms with Crippen molar-refractivity contribution in [2.75, 3.05) is 39.6 Å². The van der Waals surface area contributed by atoms with Gasteiger partial charge in [-0.25, -0.2) is 9.13 Å². The van der Waals surface area contributed by atoms with E-state index in [-0.39, 0.29) is 25.7 Å². The molecule has 0 rings (SSSR count). The van der Waals surface area contributed by atoms with Crippen LogP contribution in [0.5, 0.6) is 0 Å². The zero-order valence-corrected chi connectivity index (χ0v) is 63.5. The van der Waals surface area contributed by atoms with Crippen molar-refractivity contribution in [3.63, 3.8) is 0 Å². The fraction of sp³-hybridized carbons (Fsp3) is 0.747. The number of unbranched alkanes of at least 4 members (excludes halogenated alkanes) is 30. The summed E-state index contributed by atoms with van der Waals surface area (Å²) in [4.78, 5) is 72.8. The molecule has 0 heterocycles. The number of hydrogen-bond acceptors (Lipinski definition) is 15. The maximum atomic E-state index is 13.1. The van der Waals surface area contributed by atoms with Gasteiger partial charge in [0.1, 0.15) is 19.3 Å². The van der Waals surface area contributed by atoms with Crippen molar-refractivity contribution in [1.82, 2.24) is 0 Å². The van der Waals surface area contributed by atoms with Gasteiger partial charge in [0.25, 0.3) is 0 Å². The lowest BCUT2D eigenvalue weighted by atomic mass is 10.1. The molecule has 0 aliphatic carbocycles. The second-order valence-electron chi connectivity index (χ2n) is 25.6. The largest absolute Gasteiger partial charge is 0.472 e. The number of phosphoric acid groups is 2. The van der Waals surface area contributed by atoms with Crippen LogP contribution < -0.4 is 0 Å². The predicted molar refractivity (Wildman–Crippen MR) is 399 cm³/mol. The number of rotatable bonds is 72. The summed E-state index contributed by atoms with van der Waals surface area (Å²) >= 11 is 0. The van der Waals surface area contributed by atoms with Gasteiger partial charge in [0.05, 0.1) is 26.4 Å². The Morgan fingerprint density at radius 3 is 0.878 bits per heavy atom. The molecule has 0 spiro atoms. The van der Waals surface area contributed by atoms with E-state index in [1.54, 1.807) is 0 Å². The van der Waals surface area contributed by atoms with Crippen LogP contribution in [0.2, 0.25) is 0 Å².